The number of rotatable bonds is 3. The fourth-order valence-corrected chi connectivity index (χ4v) is 3.36. The molecule has 1 aromatic carbocycles. The van der Waals surface area contributed by atoms with Crippen LogP contribution in [0.4, 0.5) is 4.79 Å². The summed E-state index contributed by atoms with van der Waals surface area (Å²) in [6.07, 6.45) is 4.60. The molecule has 1 atom stereocenters. The first-order valence-electron chi connectivity index (χ1n) is 10.0. The van der Waals surface area contributed by atoms with Gasteiger partial charge in [0.1, 0.15) is 5.60 Å². The Morgan fingerprint density at radius 3 is 2.43 bits per heavy atom. The predicted molar refractivity (Wildman–Crippen MR) is 112 cm³/mol. The third-order valence-corrected chi connectivity index (χ3v) is 4.77. The zero-order valence-electron chi connectivity index (χ0n) is 17.6. The number of nitrogens with zero attached hydrogens (tertiary/aromatic N) is 2. The Kier molecular flexibility index (Phi) is 6.44. The molecule has 3 rings (SSSR count). The highest BCUT2D eigenvalue weighted by atomic mass is 16.6. The zero-order valence-corrected chi connectivity index (χ0v) is 17.6. The lowest BCUT2D eigenvalue weighted by Gasteiger charge is -2.33. The van der Waals surface area contributed by atoms with Crippen LogP contribution in [-0.4, -0.2) is 46.1 Å². The van der Waals surface area contributed by atoms with Gasteiger partial charge in [-0.15, -0.1) is 0 Å². The van der Waals surface area contributed by atoms with E-state index in [9.17, 15) is 14.4 Å². The van der Waals surface area contributed by atoms with Gasteiger partial charge in [-0.3, -0.25) is 20.4 Å². The number of carbonyl (C=O) groups is 3. The third kappa shape index (κ3) is 5.40. The van der Waals surface area contributed by atoms with Crippen LogP contribution in [0.3, 0.4) is 0 Å². The molecule has 0 radical (unpaired) electrons. The van der Waals surface area contributed by atoms with Crippen molar-refractivity contribution in [3.8, 4) is 5.69 Å². The minimum Gasteiger partial charge on any atom is -0.444 e. The number of likely N-dealkylation sites (tertiary alicyclic amines) is 1. The van der Waals surface area contributed by atoms with Crippen molar-refractivity contribution in [2.45, 2.75) is 39.2 Å². The Bertz CT molecular complexity index is 902. The van der Waals surface area contributed by atoms with E-state index >= 15 is 0 Å². The molecule has 8 nitrogen and oxygen atoms in total. The topological polar surface area (TPSA) is 92.7 Å². The number of hydrogen-bond donors (Lipinski definition) is 2. The molecule has 1 aliphatic rings. The van der Waals surface area contributed by atoms with Gasteiger partial charge in [-0.2, -0.15) is 0 Å². The summed E-state index contributed by atoms with van der Waals surface area (Å²) in [6, 6.07) is 10.9. The summed E-state index contributed by atoms with van der Waals surface area (Å²) in [7, 11) is 0. The second-order valence-electron chi connectivity index (χ2n) is 8.32. The first kappa shape index (κ1) is 21.4. The molecule has 3 amide bonds. The van der Waals surface area contributed by atoms with Gasteiger partial charge in [0.25, 0.3) is 5.91 Å². The molecule has 0 bridgehead atoms. The van der Waals surface area contributed by atoms with Crippen LogP contribution in [0, 0.1) is 5.92 Å². The van der Waals surface area contributed by atoms with Gasteiger partial charge in [0, 0.05) is 25.5 Å². The summed E-state index contributed by atoms with van der Waals surface area (Å²) >= 11 is 0. The molecule has 2 aromatic rings. The van der Waals surface area contributed by atoms with Gasteiger partial charge in [-0.05, 0) is 57.9 Å². The molecule has 0 spiro atoms. The summed E-state index contributed by atoms with van der Waals surface area (Å²) in [5.41, 5.74) is 5.56. The fourth-order valence-electron chi connectivity index (χ4n) is 3.36. The van der Waals surface area contributed by atoms with E-state index in [1.54, 1.807) is 37.8 Å². The first-order chi connectivity index (χ1) is 14.2. The van der Waals surface area contributed by atoms with Crippen LogP contribution < -0.4 is 10.9 Å². The summed E-state index contributed by atoms with van der Waals surface area (Å²) in [5, 5.41) is 0. The number of para-hydroxylation sites is 1. The Morgan fingerprint density at radius 2 is 1.73 bits per heavy atom. The van der Waals surface area contributed by atoms with Crippen LogP contribution in [0.2, 0.25) is 0 Å². The van der Waals surface area contributed by atoms with E-state index in [0.717, 1.165) is 0 Å². The molecule has 1 aliphatic heterocycles. The van der Waals surface area contributed by atoms with Crippen LogP contribution in [0.15, 0.2) is 48.8 Å². The van der Waals surface area contributed by atoms with Crippen molar-refractivity contribution in [2.24, 2.45) is 5.92 Å². The number of amides is 3. The lowest BCUT2D eigenvalue weighted by Crippen LogP contribution is -2.50. The second kappa shape index (κ2) is 9.02. The van der Waals surface area contributed by atoms with E-state index in [0.29, 0.717) is 30.6 Å². The third-order valence-electron chi connectivity index (χ3n) is 4.77. The van der Waals surface area contributed by atoms with Gasteiger partial charge in [-0.1, -0.05) is 12.1 Å². The number of hydrogen-bond acceptors (Lipinski definition) is 4. The Morgan fingerprint density at radius 1 is 1.03 bits per heavy atom. The molecule has 0 saturated carbocycles. The quantitative estimate of drug-likeness (QED) is 0.758. The molecule has 1 aromatic heterocycles. The van der Waals surface area contributed by atoms with Gasteiger partial charge in [0.05, 0.1) is 17.2 Å². The largest absolute Gasteiger partial charge is 0.444 e. The molecule has 1 saturated heterocycles. The van der Waals surface area contributed by atoms with Crippen LogP contribution >= 0.6 is 0 Å². The SMILES string of the molecule is CC(C)(C)OC(=O)N1CCC[C@H](C(=O)NNC(=O)c2ccccc2-n2cccc2)C1. The lowest BCUT2D eigenvalue weighted by molar-refractivity contribution is -0.127. The van der Waals surface area contributed by atoms with Crippen LogP contribution in [0.25, 0.3) is 5.69 Å². The van der Waals surface area contributed by atoms with E-state index in [2.05, 4.69) is 10.9 Å². The number of nitrogens with one attached hydrogen (secondary N) is 2. The second-order valence-corrected chi connectivity index (χ2v) is 8.32. The average molecular weight is 412 g/mol. The van der Waals surface area contributed by atoms with Crippen molar-refractivity contribution < 1.29 is 19.1 Å². The predicted octanol–water partition coefficient (Wildman–Crippen LogP) is 2.89. The Hall–Kier alpha value is -3.29. The summed E-state index contributed by atoms with van der Waals surface area (Å²) in [4.78, 5) is 39.1. The Balaban J connectivity index is 1.58. The molecule has 0 aliphatic carbocycles. The molecular formula is C22H28N4O4. The van der Waals surface area contributed by atoms with Gasteiger partial charge in [0.2, 0.25) is 5.91 Å². The van der Waals surface area contributed by atoms with Crippen molar-refractivity contribution >= 4 is 17.9 Å². The van der Waals surface area contributed by atoms with Gasteiger partial charge >= 0.3 is 6.09 Å². The van der Waals surface area contributed by atoms with Crippen molar-refractivity contribution in [1.29, 1.82) is 0 Å². The van der Waals surface area contributed by atoms with Crippen molar-refractivity contribution in [2.75, 3.05) is 13.1 Å². The first-order valence-corrected chi connectivity index (χ1v) is 10.0. The number of carbonyl (C=O) groups excluding carboxylic acids is 3. The van der Waals surface area contributed by atoms with Gasteiger partial charge < -0.3 is 14.2 Å². The van der Waals surface area contributed by atoms with Crippen molar-refractivity contribution in [1.82, 2.24) is 20.3 Å². The van der Waals surface area contributed by atoms with E-state index in [4.69, 9.17) is 4.74 Å². The highest BCUT2D eigenvalue weighted by Crippen LogP contribution is 2.19. The Labute approximate surface area is 176 Å². The summed E-state index contributed by atoms with van der Waals surface area (Å²) in [5.74, 6) is -1.14. The molecular weight excluding hydrogens is 384 g/mol. The smallest absolute Gasteiger partial charge is 0.410 e. The summed E-state index contributed by atoms with van der Waals surface area (Å²) < 4.78 is 7.22. The van der Waals surface area contributed by atoms with E-state index in [-0.39, 0.29) is 12.5 Å². The summed E-state index contributed by atoms with van der Waals surface area (Å²) in [6.45, 7) is 6.23. The minimum absolute atomic E-state index is 0.260. The molecule has 2 N–H and O–H groups in total. The normalized spacial score (nSPS) is 16.6. The number of aromatic nitrogens is 1. The fraction of sp³-hybridized carbons (Fsp3) is 0.409. The molecule has 8 heteroatoms. The maximum absolute atomic E-state index is 12.7. The standard InChI is InChI=1S/C22H28N4O4/c1-22(2,3)30-21(29)26-14-8-9-16(15-26)19(27)23-24-20(28)17-10-4-5-11-18(17)25-12-6-7-13-25/h4-7,10-13,16H,8-9,14-15H2,1-3H3,(H,23,27)(H,24,28)/t16-/m0/s1. The van der Waals surface area contributed by atoms with Crippen LogP contribution in [0.5, 0.6) is 0 Å². The zero-order chi connectivity index (χ0) is 21.7. The van der Waals surface area contributed by atoms with Crippen molar-refractivity contribution in [3.63, 3.8) is 0 Å². The molecule has 30 heavy (non-hydrogen) atoms. The van der Waals surface area contributed by atoms with Crippen LogP contribution in [0.1, 0.15) is 44.0 Å². The number of ether oxygens (including phenoxy) is 1. The van der Waals surface area contributed by atoms with Gasteiger partial charge in [0.15, 0.2) is 0 Å². The lowest BCUT2D eigenvalue weighted by atomic mass is 9.98. The maximum Gasteiger partial charge on any atom is 0.410 e. The number of piperidine rings is 1. The van der Waals surface area contributed by atoms with Crippen LogP contribution in [-0.2, 0) is 9.53 Å². The molecule has 2 heterocycles. The maximum atomic E-state index is 12.7. The average Bonchev–Trinajstić information content (AvgIpc) is 3.25. The monoisotopic (exact) mass is 412 g/mol. The van der Waals surface area contributed by atoms with E-state index in [1.807, 2.05) is 41.2 Å². The molecule has 1 fully saturated rings. The van der Waals surface area contributed by atoms with E-state index < -0.39 is 23.5 Å². The highest BCUT2D eigenvalue weighted by molar-refractivity contribution is 5.98. The highest BCUT2D eigenvalue weighted by Gasteiger charge is 2.31. The molecule has 160 valence electrons. The van der Waals surface area contributed by atoms with Crippen molar-refractivity contribution in [3.05, 3.63) is 54.4 Å². The molecule has 0 unspecified atom stereocenters. The van der Waals surface area contributed by atoms with Gasteiger partial charge in [-0.25, -0.2) is 4.79 Å². The number of hydrazine groups is 1. The van der Waals surface area contributed by atoms with E-state index in [1.165, 1.54) is 0 Å². The number of benzene rings is 1. The minimum atomic E-state index is -0.590.